The molecule has 0 saturated carbocycles. The molecule has 3 rings (SSSR count). The first-order chi connectivity index (χ1) is 15.0. The van der Waals surface area contributed by atoms with Gasteiger partial charge >= 0.3 is 5.97 Å². The zero-order valence-electron chi connectivity index (χ0n) is 16.5. The number of ether oxygens (including phenoxy) is 1. The van der Waals surface area contributed by atoms with Gasteiger partial charge in [0.05, 0.1) is 16.5 Å². The molecular formula is C24H20N2O5. The quantitative estimate of drug-likeness (QED) is 0.258. The molecule has 3 aromatic rings. The predicted molar refractivity (Wildman–Crippen MR) is 116 cm³/mol. The number of nitrogens with zero attached hydrogens (tertiary/aromatic N) is 1. The highest BCUT2D eigenvalue weighted by Gasteiger charge is 2.17. The Morgan fingerprint density at radius 1 is 0.903 bits per heavy atom. The third-order valence-electron chi connectivity index (χ3n) is 4.45. The minimum Gasteiger partial charge on any atom is -0.452 e. The predicted octanol–water partition coefficient (Wildman–Crippen LogP) is 4.06. The summed E-state index contributed by atoms with van der Waals surface area (Å²) in [6, 6.07) is 24.5. The van der Waals surface area contributed by atoms with Crippen LogP contribution in [-0.4, -0.2) is 23.4 Å². The van der Waals surface area contributed by atoms with Gasteiger partial charge in [0.1, 0.15) is 0 Å². The van der Waals surface area contributed by atoms with Crippen molar-refractivity contribution in [1.82, 2.24) is 5.32 Å². The molecule has 0 spiro atoms. The Morgan fingerprint density at radius 3 is 2.03 bits per heavy atom. The highest BCUT2D eigenvalue weighted by atomic mass is 16.6. The summed E-state index contributed by atoms with van der Waals surface area (Å²) in [5.41, 5.74) is 1.93. The van der Waals surface area contributed by atoms with Crippen LogP contribution >= 0.6 is 0 Å². The van der Waals surface area contributed by atoms with Crippen LogP contribution in [0, 0.1) is 10.1 Å². The van der Waals surface area contributed by atoms with Crippen LogP contribution in [0.4, 0.5) is 5.69 Å². The number of carbonyl (C=O) groups excluding carboxylic acids is 2. The molecule has 0 aliphatic heterocycles. The topological polar surface area (TPSA) is 98.5 Å². The summed E-state index contributed by atoms with van der Waals surface area (Å²) in [5, 5.41) is 13.9. The second kappa shape index (κ2) is 10.5. The number of hydrogen-bond acceptors (Lipinski definition) is 5. The van der Waals surface area contributed by atoms with Gasteiger partial charge in [-0.05, 0) is 23.3 Å². The molecule has 0 bridgehead atoms. The summed E-state index contributed by atoms with van der Waals surface area (Å²) in [5.74, 6) is -1.24. The molecule has 0 saturated heterocycles. The van der Waals surface area contributed by atoms with E-state index >= 15 is 0 Å². The average Bonchev–Trinajstić information content (AvgIpc) is 2.81. The van der Waals surface area contributed by atoms with Crippen molar-refractivity contribution in [2.24, 2.45) is 0 Å². The Labute approximate surface area is 179 Å². The lowest BCUT2D eigenvalue weighted by Gasteiger charge is -2.19. The molecule has 0 atom stereocenters. The molecule has 3 aromatic carbocycles. The molecule has 0 unspecified atom stereocenters. The number of esters is 1. The number of para-hydroxylation sites is 1. The van der Waals surface area contributed by atoms with E-state index in [0.717, 1.165) is 17.2 Å². The monoisotopic (exact) mass is 416 g/mol. The van der Waals surface area contributed by atoms with Crippen molar-refractivity contribution < 1.29 is 19.2 Å². The van der Waals surface area contributed by atoms with Crippen molar-refractivity contribution >= 4 is 23.6 Å². The van der Waals surface area contributed by atoms with Gasteiger partial charge in [0.25, 0.3) is 11.6 Å². The average molecular weight is 416 g/mol. The standard InChI is InChI=1S/C24H20N2O5/c27-22(17-31-23(28)16-15-18-9-7-8-14-21(18)26(29)30)25-24(19-10-3-1-4-11-19)20-12-5-2-6-13-20/h1-16,24H,17H2,(H,25,27)/b16-15+. The molecule has 1 N–H and O–H groups in total. The molecule has 0 heterocycles. The van der Waals surface area contributed by atoms with Gasteiger partial charge in [-0.2, -0.15) is 0 Å². The zero-order chi connectivity index (χ0) is 22.1. The summed E-state index contributed by atoms with van der Waals surface area (Å²) in [6.45, 7) is -0.476. The fourth-order valence-electron chi connectivity index (χ4n) is 2.99. The first-order valence-electron chi connectivity index (χ1n) is 9.52. The third-order valence-corrected chi connectivity index (χ3v) is 4.45. The summed E-state index contributed by atoms with van der Waals surface area (Å²) in [4.78, 5) is 34.9. The fourth-order valence-corrected chi connectivity index (χ4v) is 2.99. The second-order valence-electron chi connectivity index (χ2n) is 6.58. The minimum atomic E-state index is -0.774. The summed E-state index contributed by atoms with van der Waals surface area (Å²) >= 11 is 0. The Bertz CT molecular complexity index is 1040. The lowest BCUT2D eigenvalue weighted by atomic mass is 9.99. The first kappa shape index (κ1) is 21.4. The van der Waals surface area contributed by atoms with E-state index in [9.17, 15) is 19.7 Å². The van der Waals surface area contributed by atoms with Crippen LogP contribution in [0.3, 0.4) is 0 Å². The van der Waals surface area contributed by atoms with Crippen molar-refractivity contribution in [2.75, 3.05) is 6.61 Å². The third kappa shape index (κ3) is 6.11. The number of hydrogen-bond donors (Lipinski definition) is 1. The normalized spacial score (nSPS) is 10.7. The molecule has 0 radical (unpaired) electrons. The van der Waals surface area contributed by atoms with Gasteiger partial charge in [0, 0.05) is 12.1 Å². The highest BCUT2D eigenvalue weighted by molar-refractivity contribution is 5.90. The lowest BCUT2D eigenvalue weighted by molar-refractivity contribution is -0.385. The van der Waals surface area contributed by atoms with E-state index in [1.807, 2.05) is 60.7 Å². The first-order valence-corrected chi connectivity index (χ1v) is 9.52. The molecule has 0 aliphatic carbocycles. The second-order valence-corrected chi connectivity index (χ2v) is 6.58. The van der Waals surface area contributed by atoms with Crippen molar-refractivity contribution in [3.05, 3.63) is 118 Å². The van der Waals surface area contributed by atoms with E-state index in [0.29, 0.717) is 0 Å². The van der Waals surface area contributed by atoms with Crippen LogP contribution in [0.1, 0.15) is 22.7 Å². The van der Waals surface area contributed by atoms with Crippen LogP contribution < -0.4 is 5.32 Å². The highest BCUT2D eigenvalue weighted by Crippen LogP contribution is 2.22. The van der Waals surface area contributed by atoms with Gasteiger partial charge in [-0.15, -0.1) is 0 Å². The minimum absolute atomic E-state index is 0.127. The Kier molecular flexibility index (Phi) is 7.26. The number of amides is 1. The Balaban J connectivity index is 1.62. The van der Waals surface area contributed by atoms with Crippen molar-refractivity contribution in [2.45, 2.75) is 6.04 Å². The largest absolute Gasteiger partial charge is 0.452 e. The number of nitro benzene ring substituents is 1. The van der Waals surface area contributed by atoms with Crippen molar-refractivity contribution in [1.29, 1.82) is 0 Å². The lowest BCUT2D eigenvalue weighted by Crippen LogP contribution is -2.32. The van der Waals surface area contributed by atoms with Crippen molar-refractivity contribution in [3.8, 4) is 0 Å². The summed E-state index contributed by atoms with van der Waals surface area (Å²) in [6.07, 6.45) is 2.34. The maximum atomic E-state index is 12.4. The van der Waals surface area contributed by atoms with Gasteiger partial charge < -0.3 is 10.1 Å². The summed E-state index contributed by atoms with van der Waals surface area (Å²) < 4.78 is 4.99. The Morgan fingerprint density at radius 2 is 1.45 bits per heavy atom. The van der Waals surface area contributed by atoms with Crippen LogP contribution in [0.2, 0.25) is 0 Å². The van der Waals surface area contributed by atoms with E-state index < -0.39 is 29.4 Å². The molecule has 7 heteroatoms. The van der Waals surface area contributed by atoms with E-state index in [1.54, 1.807) is 6.07 Å². The maximum Gasteiger partial charge on any atom is 0.331 e. The number of nitro groups is 1. The Hall–Kier alpha value is -4.26. The SMILES string of the molecule is O=C(COC(=O)/C=C/c1ccccc1[N+](=O)[O-])NC(c1ccccc1)c1ccccc1. The number of carbonyl (C=O) groups is 2. The molecule has 0 aliphatic rings. The van der Waals surface area contributed by atoms with Gasteiger partial charge in [0.2, 0.25) is 0 Å². The number of benzene rings is 3. The zero-order valence-corrected chi connectivity index (χ0v) is 16.5. The summed E-state index contributed by atoms with van der Waals surface area (Å²) in [7, 11) is 0. The van der Waals surface area contributed by atoms with Gasteiger partial charge in [0.15, 0.2) is 6.61 Å². The molecule has 156 valence electrons. The van der Waals surface area contributed by atoms with E-state index in [2.05, 4.69) is 5.32 Å². The van der Waals surface area contributed by atoms with Crippen LogP contribution in [0.25, 0.3) is 6.08 Å². The fraction of sp³-hybridized carbons (Fsp3) is 0.0833. The van der Waals surface area contributed by atoms with E-state index in [4.69, 9.17) is 4.74 Å². The van der Waals surface area contributed by atoms with Crippen LogP contribution in [-0.2, 0) is 14.3 Å². The number of nitrogens with one attached hydrogen (secondary N) is 1. The molecule has 1 amide bonds. The van der Waals surface area contributed by atoms with Gasteiger partial charge in [-0.1, -0.05) is 72.8 Å². The number of rotatable bonds is 8. The smallest absolute Gasteiger partial charge is 0.331 e. The van der Waals surface area contributed by atoms with Gasteiger partial charge in [-0.3, -0.25) is 14.9 Å². The van der Waals surface area contributed by atoms with Crippen LogP contribution in [0.15, 0.2) is 91.0 Å². The van der Waals surface area contributed by atoms with E-state index in [-0.39, 0.29) is 11.3 Å². The van der Waals surface area contributed by atoms with E-state index in [1.165, 1.54) is 24.3 Å². The molecule has 0 aromatic heterocycles. The molecule has 31 heavy (non-hydrogen) atoms. The molecule has 0 fully saturated rings. The maximum absolute atomic E-state index is 12.4. The van der Waals surface area contributed by atoms with Crippen LogP contribution in [0.5, 0.6) is 0 Å². The van der Waals surface area contributed by atoms with Crippen molar-refractivity contribution in [3.63, 3.8) is 0 Å². The molecular weight excluding hydrogens is 396 g/mol. The van der Waals surface area contributed by atoms with Gasteiger partial charge in [-0.25, -0.2) is 4.79 Å². The molecule has 7 nitrogen and oxygen atoms in total.